The number of nitrogens with one attached hydrogen (secondary N) is 1. The minimum absolute atomic E-state index is 0.0163. The standard InChI is InChI=1S/C19H23NO2/c1-2-18(19(21)20-16-9-5-6-10-16)22-17-12-11-14-7-3-4-8-15(14)13-17/h3-4,7-8,11-13,16,18H,2,5-6,9-10H2,1H3,(H,20,21)/t18-/m0/s1. The lowest BCUT2D eigenvalue weighted by atomic mass is 10.1. The van der Waals surface area contributed by atoms with E-state index in [1.54, 1.807) is 0 Å². The van der Waals surface area contributed by atoms with Gasteiger partial charge in [0.2, 0.25) is 0 Å². The van der Waals surface area contributed by atoms with E-state index in [0.29, 0.717) is 12.5 Å². The summed E-state index contributed by atoms with van der Waals surface area (Å²) in [5, 5.41) is 5.43. The normalized spacial score (nSPS) is 16.6. The quantitative estimate of drug-likeness (QED) is 0.904. The Labute approximate surface area is 131 Å². The summed E-state index contributed by atoms with van der Waals surface area (Å²) >= 11 is 0. The number of rotatable bonds is 5. The Morgan fingerprint density at radius 3 is 2.64 bits per heavy atom. The number of carbonyl (C=O) groups is 1. The van der Waals surface area contributed by atoms with Crippen LogP contribution >= 0.6 is 0 Å². The first kappa shape index (κ1) is 14.9. The summed E-state index contributed by atoms with van der Waals surface area (Å²) in [6.07, 6.45) is 4.88. The average Bonchev–Trinajstić information content (AvgIpc) is 3.05. The molecule has 0 bridgehead atoms. The fraction of sp³-hybridized carbons (Fsp3) is 0.421. The topological polar surface area (TPSA) is 38.3 Å². The van der Waals surface area contributed by atoms with Crippen molar-refractivity contribution in [2.45, 2.75) is 51.2 Å². The van der Waals surface area contributed by atoms with Crippen LogP contribution in [0.15, 0.2) is 42.5 Å². The summed E-state index contributed by atoms with van der Waals surface area (Å²) in [5.41, 5.74) is 0. The number of amides is 1. The predicted molar refractivity (Wildman–Crippen MR) is 89.1 cm³/mol. The number of hydrogen-bond acceptors (Lipinski definition) is 2. The van der Waals surface area contributed by atoms with Crippen molar-refractivity contribution in [1.29, 1.82) is 0 Å². The molecule has 0 heterocycles. The second kappa shape index (κ2) is 6.82. The molecular formula is C19H23NO2. The number of fused-ring (bicyclic) bond motifs is 1. The summed E-state index contributed by atoms with van der Waals surface area (Å²) < 4.78 is 5.93. The van der Waals surface area contributed by atoms with Crippen molar-refractivity contribution in [2.24, 2.45) is 0 Å². The first-order valence-corrected chi connectivity index (χ1v) is 8.22. The van der Waals surface area contributed by atoms with Crippen LogP contribution in [0.3, 0.4) is 0 Å². The summed E-state index contributed by atoms with van der Waals surface area (Å²) in [4.78, 5) is 12.4. The van der Waals surface area contributed by atoms with Crippen molar-refractivity contribution in [3.05, 3.63) is 42.5 Å². The molecule has 1 aliphatic rings. The van der Waals surface area contributed by atoms with Gasteiger partial charge in [-0.25, -0.2) is 0 Å². The minimum Gasteiger partial charge on any atom is -0.481 e. The zero-order chi connectivity index (χ0) is 15.4. The maximum Gasteiger partial charge on any atom is 0.261 e. The molecule has 0 unspecified atom stereocenters. The molecule has 1 aliphatic carbocycles. The van der Waals surface area contributed by atoms with Gasteiger partial charge in [-0.3, -0.25) is 4.79 Å². The maximum absolute atomic E-state index is 12.4. The lowest BCUT2D eigenvalue weighted by Crippen LogP contribution is -2.42. The Morgan fingerprint density at radius 1 is 1.18 bits per heavy atom. The zero-order valence-corrected chi connectivity index (χ0v) is 13.0. The molecule has 1 amide bonds. The van der Waals surface area contributed by atoms with Crippen molar-refractivity contribution in [3.63, 3.8) is 0 Å². The van der Waals surface area contributed by atoms with Crippen molar-refractivity contribution in [1.82, 2.24) is 5.32 Å². The SMILES string of the molecule is CC[C@H](Oc1ccc2ccccc2c1)C(=O)NC1CCCC1. The molecule has 1 atom stereocenters. The molecule has 0 aliphatic heterocycles. The molecule has 0 radical (unpaired) electrons. The summed E-state index contributed by atoms with van der Waals surface area (Å²) in [7, 11) is 0. The second-order valence-corrected chi connectivity index (χ2v) is 6.01. The fourth-order valence-corrected chi connectivity index (χ4v) is 3.09. The fourth-order valence-electron chi connectivity index (χ4n) is 3.09. The van der Waals surface area contributed by atoms with Gasteiger partial charge in [-0.05, 0) is 42.2 Å². The Hall–Kier alpha value is -2.03. The second-order valence-electron chi connectivity index (χ2n) is 6.01. The van der Waals surface area contributed by atoms with E-state index in [0.717, 1.165) is 24.0 Å². The molecule has 2 aromatic rings. The van der Waals surface area contributed by atoms with Crippen LogP contribution in [0.4, 0.5) is 0 Å². The van der Waals surface area contributed by atoms with Gasteiger partial charge in [-0.1, -0.05) is 50.1 Å². The van der Waals surface area contributed by atoms with E-state index in [1.165, 1.54) is 18.2 Å². The Bertz CT molecular complexity index is 647. The van der Waals surface area contributed by atoms with Gasteiger partial charge in [0.1, 0.15) is 5.75 Å². The Kier molecular flexibility index (Phi) is 4.62. The highest BCUT2D eigenvalue weighted by atomic mass is 16.5. The van der Waals surface area contributed by atoms with Crippen molar-refractivity contribution in [2.75, 3.05) is 0 Å². The van der Waals surface area contributed by atoms with Gasteiger partial charge in [-0.2, -0.15) is 0 Å². The van der Waals surface area contributed by atoms with E-state index in [2.05, 4.69) is 17.4 Å². The highest BCUT2D eigenvalue weighted by molar-refractivity contribution is 5.84. The van der Waals surface area contributed by atoms with Gasteiger partial charge in [0.05, 0.1) is 0 Å². The molecule has 0 aromatic heterocycles. The Balaban J connectivity index is 1.68. The third kappa shape index (κ3) is 3.41. The molecule has 3 heteroatoms. The molecule has 0 spiro atoms. The van der Waals surface area contributed by atoms with E-state index in [4.69, 9.17) is 4.74 Å². The third-order valence-corrected chi connectivity index (χ3v) is 4.36. The van der Waals surface area contributed by atoms with Gasteiger partial charge in [0, 0.05) is 6.04 Å². The van der Waals surface area contributed by atoms with Crippen LogP contribution in [0.25, 0.3) is 10.8 Å². The lowest BCUT2D eigenvalue weighted by Gasteiger charge is -2.20. The number of benzene rings is 2. The van der Waals surface area contributed by atoms with E-state index in [1.807, 2.05) is 37.3 Å². The van der Waals surface area contributed by atoms with Gasteiger partial charge >= 0.3 is 0 Å². The molecule has 3 nitrogen and oxygen atoms in total. The number of hydrogen-bond donors (Lipinski definition) is 1. The summed E-state index contributed by atoms with van der Waals surface area (Å²) in [6.45, 7) is 1.99. The van der Waals surface area contributed by atoms with Crippen LogP contribution in [0.5, 0.6) is 5.75 Å². The highest BCUT2D eigenvalue weighted by Crippen LogP contribution is 2.22. The van der Waals surface area contributed by atoms with Crippen LogP contribution in [0.2, 0.25) is 0 Å². The molecule has 116 valence electrons. The van der Waals surface area contributed by atoms with Crippen LogP contribution < -0.4 is 10.1 Å². The molecule has 1 fully saturated rings. The first-order chi connectivity index (χ1) is 10.8. The first-order valence-electron chi connectivity index (χ1n) is 8.22. The molecule has 1 N–H and O–H groups in total. The minimum atomic E-state index is -0.415. The highest BCUT2D eigenvalue weighted by Gasteiger charge is 2.23. The number of carbonyl (C=O) groups excluding carboxylic acids is 1. The van der Waals surface area contributed by atoms with Crippen molar-refractivity contribution >= 4 is 16.7 Å². The van der Waals surface area contributed by atoms with E-state index < -0.39 is 6.10 Å². The van der Waals surface area contributed by atoms with Crippen molar-refractivity contribution in [3.8, 4) is 5.75 Å². The summed E-state index contributed by atoms with van der Waals surface area (Å²) in [6, 6.07) is 14.5. The number of ether oxygens (including phenoxy) is 1. The van der Waals surface area contributed by atoms with Crippen LogP contribution in [0, 0.1) is 0 Å². The van der Waals surface area contributed by atoms with Gasteiger partial charge in [0.15, 0.2) is 6.10 Å². The average molecular weight is 297 g/mol. The van der Waals surface area contributed by atoms with Gasteiger partial charge < -0.3 is 10.1 Å². The molecule has 22 heavy (non-hydrogen) atoms. The zero-order valence-electron chi connectivity index (χ0n) is 13.0. The van der Waals surface area contributed by atoms with E-state index in [9.17, 15) is 4.79 Å². The molecule has 3 rings (SSSR count). The van der Waals surface area contributed by atoms with E-state index >= 15 is 0 Å². The van der Waals surface area contributed by atoms with E-state index in [-0.39, 0.29) is 5.91 Å². The monoisotopic (exact) mass is 297 g/mol. The smallest absolute Gasteiger partial charge is 0.261 e. The maximum atomic E-state index is 12.4. The predicted octanol–water partition coefficient (Wildman–Crippen LogP) is 4.06. The molecule has 1 saturated carbocycles. The molecule has 2 aromatic carbocycles. The van der Waals surface area contributed by atoms with Crippen LogP contribution in [-0.2, 0) is 4.79 Å². The van der Waals surface area contributed by atoms with Gasteiger partial charge in [-0.15, -0.1) is 0 Å². The Morgan fingerprint density at radius 2 is 1.91 bits per heavy atom. The third-order valence-electron chi connectivity index (χ3n) is 4.36. The summed E-state index contributed by atoms with van der Waals surface area (Å²) in [5.74, 6) is 0.773. The lowest BCUT2D eigenvalue weighted by molar-refractivity contribution is -0.128. The van der Waals surface area contributed by atoms with Crippen LogP contribution in [0.1, 0.15) is 39.0 Å². The van der Waals surface area contributed by atoms with Gasteiger partial charge in [0.25, 0.3) is 5.91 Å². The molecule has 0 saturated heterocycles. The molecular weight excluding hydrogens is 274 g/mol. The van der Waals surface area contributed by atoms with Crippen molar-refractivity contribution < 1.29 is 9.53 Å². The largest absolute Gasteiger partial charge is 0.481 e. The van der Waals surface area contributed by atoms with Crippen LogP contribution in [-0.4, -0.2) is 18.1 Å².